The van der Waals surface area contributed by atoms with Crippen LogP contribution in [0.15, 0.2) is 5.38 Å². The number of aromatic nitrogens is 2. The molecule has 3 rings (SSSR count). The number of likely N-dealkylation sites (tertiary alicyclic amines) is 1. The van der Waals surface area contributed by atoms with E-state index in [9.17, 15) is 14.4 Å². The fourth-order valence-electron chi connectivity index (χ4n) is 3.02. The average molecular weight is 354 g/mol. The molecule has 0 aliphatic carbocycles. The summed E-state index contributed by atoms with van der Waals surface area (Å²) in [6.07, 6.45) is 0.657. The van der Waals surface area contributed by atoms with Gasteiger partial charge < -0.3 is 14.4 Å². The van der Waals surface area contributed by atoms with Crippen molar-refractivity contribution < 1.29 is 23.9 Å². The van der Waals surface area contributed by atoms with Crippen molar-refractivity contribution in [3.8, 4) is 0 Å². The molecule has 9 nitrogen and oxygen atoms in total. The molecule has 2 aliphatic rings. The number of piperidine rings is 1. The third-order valence-corrected chi connectivity index (χ3v) is 4.70. The molecule has 130 valence electrons. The molecule has 2 amide bonds. The summed E-state index contributed by atoms with van der Waals surface area (Å²) in [5.74, 6) is -0.608. The van der Waals surface area contributed by atoms with Crippen LogP contribution >= 0.6 is 11.5 Å². The van der Waals surface area contributed by atoms with Crippen LogP contribution in [0.5, 0.6) is 0 Å². The first-order valence-corrected chi connectivity index (χ1v) is 8.63. The SMILES string of the molecule is CCOC(=O)C1COC(=O)N1C1CCN(C(=O)c2csnn2)CC1. The largest absolute Gasteiger partial charge is 0.464 e. The maximum absolute atomic E-state index is 12.3. The fraction of sp³-hybridized carbons (Fsp3) is 0.643. The summed E-state index contributed by atoms with van der Waals surface area (Å²) in [5, 5.41) is 5.40. The Labute approximate surface area is 142 Å². The van der Waals surface area contributed by atoms with Gasteiger partial charge >= 0.3 is 12.1 Å². The second-order valence-electron chi connectivity index (χ2n) is 5.57. The third-order valence-electron chi connectivity index (χ3n) is 4.19. The van der Waals surface area contributed by atoms with Gasteiger partial charge in [-0.15, -0.1) is 5.10 Å². The molecule has 0 saturated carbocycles. The first-order valence-electron chi connectivity index (χ1n) is 7.80. The highest BCUT2D eigenvalue weighted by Gasteiger charge is 2.44. The average Bonchev–Trinajstić information content (AvgIpc) is 3.24. The maximum atomic E-state index is 12.3. The molecule has 10 heteroatoms. The molecule has 1 aromatic heterocycles. The Hall–Kier alpha value is -2.23. The number of rotatable bonds is 4. The highest BCUT2D eigenvalue weighted by Crippen LogP contribution is 2.25. The van der Waals surface area contributed by atoms with Crippen LogP contribution in [0.3, 0.4) is 0 Å². The Balaban J connectivity index is 1.62. The zero-order chi connectivity index (χ0) is 17.1. The van der Waals surface area contributed by atoms with Crippen LogP contribution in [-0.2, 0) is 14.3 Å². The van der Waals surface area contributed by atoms with Crippen molar-refractivity contribution >= 4 is 29.5 Å². The van der Waals surface area contributed by atoms with Crippen LogP contribution in [0.25, 0.3) is 0 Å². The van der Waals surface area contributed by atoms with Crippen LogP contribution in [0.1, 0.15) is 30.3 Å². The number of cyclic esters (lactones) is 1. The van der Waals surface area contributed by atoms with Gasteiger partial charge in [-0.1, -0.05) is 4.49 Å². The molecule has 0 aromatic carbocycles. The normalized spacial score (nSPS) is 21.7. The summed E-state index contributed by atoms with van der Waals surface area (Å²) in [6, 6.07) is -0.848. The number of nitrogens with zero attached hydrogens (tertiary/aromatic N) is 4. The van der Waals surface area contributed by atoms with E-state index < -0.39 is 18.1 Å². The van der Waals surface area contributed by atoms with Crippen LogP contribution in [0.2, 0.25) is 0 Å². The van der Waals surface area contributed by atoms with E-state index in [0.29, 0.717) is 31.6 Å². The van der Waals surface area contributed by atoms with E-state index in [0.717, 1.165) is 11.5 Å². The highest BCUT2D eigenvalue weighted by molar-refractivity contribution is 7.03. The molecule has 1 atom stereocenters. The molecular formula is C14H18N4O5S. The van der Waals surface area contributed by atoms with Gasteiger partial charge in [0.2, 0.25) is 0 Å². The van der Waals surface area contributed by atoms with Crippen LogP contribution in [0.4, 0.5) is 4.79 Å². The predicted octanol–water partition coefficient (Wildman–Crippen LogP) is 0.527. The van der Waals surface area contributed by atoms with E-state index in [2.05, 4.69) is 9.59 Å². The molecule has 3 heterocycles. The number of carbonyl (C=O) groups excluding carboxylic acids is 3. The minimum absolute atomic E-state index is 0.0152. The molecule has 0 spiro atoms. The zero-order valence-electron chi connectivity index (χ0n) is 13.2. The summed E-state index contributed by atoms with van der Waals surface area (Å²) in [6.45, 7) is 2.96. The van der Waals surface area contributed by atoms with E-state index in [1.165, 1.54) is 4.90 Å². The standard InChI is InChI=1S/C14H18N4O5S/c1-2-22-13(20)11-7-23-14(21)18(11)9-3-5-17(6-4-9)12(19)10-8-24-16-15-10/h8-9,11H,2-7H2,1H3. The zero-order valence-corrected chi connectivity index (χ0v) is 14.0. The lowest BCUT2D eigenvalue weighted by molar-refractivity contribution is -0.148. The van der Waals surface area contributed by atoms with Gasteiger partial charge in [-0.2, -0.15) is 0 Å². The first-order chi connectivity index (χ1) is 11.6. The highest BCUT2D eigenvalue weighted by atomic mass is 32.1. The van der Waals surface area contributed by atoms with Crippen molar-refractivity contribution in [2.24, 2.45) is 0 Å². The predicted molar refractivity (Wildman–Crippen MR) is 82.4 cm³/mol. The van der Waals surface area contributed by atoms with Gasteiger partial charge in [0.1, 0.15) is 6.61 Å². The van der Waals surface area contributed by atoms with E-state index >= 15 is 0 Å². The van der Waals surface area contributed by atoms with Crippen LogP contribution in [0, 0.1) is 0 Å². The minimum atomic E-state index is -0.701. The Morgan fingerprint density at radius 1 is 1.42 bits per heavy atom. The molecule has 2 aliphatic heterocycles. The molecule has 0 N–H and O–H groups in total. The van der Waals surface area contributed by atoms with Crippen molar-refractivity contribution in [1.82, 2.24) is 19.4 Å². The van der Waals surface area contributed by atoms with Crippen molar-refractivity contribution in [3.63, 3.8) is 0 Å². The summed E-state index contributed by atoms with van der Waals surface area (Å²) < 4.78 is 13.7. The third kappa shape index (κ3) is 3.18. The smallest absolute Gasteiger partial charge is 0.410 e. The van der Waals surface area contributed by atoms with Gasteiger partial charge in [0.15, 0.2) is 11.7 Å². The molecule has 1 aromatic rings. The topological polar surface area (TPSA) is 102 Å². The van der Waals surface area contributed by atoms with Crippen molar-refractivity contribution in [3.05, 3.63) is 11.1 Å². The first kappa shape index (κ1) is 16.6. The number of hydrogen-bond donors (Lipinski definition) is 0. The molecule has 1 unspecified atom stereocenters. The lowest BCUT2D eigenvalue weighted by Crippen LogP contribution is -2.52. The van der Waals surface area contributed by atoms with Crippen molar-refractivity contribution in [1.29, 1.82) is 0 Å². The van der Waals surface area contributed by atoms with E-state index in [4.69, 9.17) is 9.47 Å². The second-order valence-corrected chi connectivity index (χ2v) is 6.18. The Bertz CT molecular complexity index is 615. The second kappa shape index (κ2) is 7.12. The summed E-state index contributed by atoms with van der Waals surface area (Å²) in [7, 11) is 0. The molecular weight excluding hydrogens is 336 g/mol. The number of ether oxygens (including phenoxy) is 2. The molecule has 24 heavy (non-hydrogen) atoms. The molecule has 0 radical (unpaired) electrons. The summed E-state index contributed by atoms with van der Waals surface area (Å²) >= 11 is 1.13. The quantitative estimate of drug-likeness (QED) is 0.727. The van der Waals surface area contributed by atoms with Crippen LogP contribution in [-0.4, -0.2) is 75.7 Å². The Morgan fingerprint density at radius 2 is 2.17 bits per heavy atom. The molecule has 0 bridgehead atoms. The maximum Gasteiger partial charge on any atom is 0.410 e. The number of carbonyl (C=O) groups is 3. The van der Waals surface area contributed by atoms with Gasteiger partial charge in [-0.05, 0) is 31.3 Å². The number of hydrogen-bond acceptors (Lipinski definition) is 8. The minimum Gasteiger partial charge on any atom is -0.464 e. The van der Waals surface area contributed by atoms with Crippen molar-refractivity contribution in [2.75, 3.05) is 26.3 Å². The summed E-state index contributed by atoms with van der Waals surface area (Å²) in [5.41, 5.74) is 0.337. The molecule has 2 saturated heterocycles. The Morgan fingerprint density at radius 3 is 2.79 bits per heavy atom. The van der Waals surface area contributed by atoms with Gasteiger partial charge in [-0.25, -0.2) is 9.59 Å². The van der Waals surface area contributed by atoms with E-state index in [1.807, 2.05) is 0 Å². The van der Waals surface area contributed by atoms with Gasteiger partial charge in [0, 0.05) is 24.5 Å². The number of esters is 1. The van der Waals surface area contributed by atoms with Gasteiger partial charge in [0.25, 0.3) is 5.91 Å². The van der Waals surface area contributed by atoms with E-state index in [-0.39, 0.29) is 25.2 Å². The molecule has 2 fully saturated rings. The van der Waals surface area contributed by atoms with E-state index in [1.54, 1.807) is 17.2 Å². The number of amides is 2. The van der Waals surface area contributed by atoms with Crippen molar-refractivity contribution in [2.45, 2.75) is 31.8 Å². The fourth-order valence-corrected chi connectivity index (χ4v) is 3.45. The summed E-state index contributed by atoms with van der Waals surface area (Å²) in [4.78, 5) is 39.4. The van der Waals surface area contributed by atoms with Gasteiger partial charge in [-0.3, -0.25) is 9.69 Å². The lowest BCUT2D eigenvalue weighted by atomic mass is 10.0. The van der Waals surface area contributed by atoms with Gasteiger partial charge in [0.05, 0.1) is 6.61 Å². The van der Waals surface area contributed by atoms with Crippen LogP contribution < -0.4 is 0 Å². The monoisotopic (exact) mass is 354 g/mol. The lowest BCUT2D eigenvalue weighted by Gasteiger charge is -2.36. The Kier molecular flexibility index (Phi) is 4.93.